The molecule has 3 fully saturated rings. The van der Waals surface area contributed by atoms with Gasteiger partial charge < -0.3 is 14.6 Å². The van der Waals surface area contributed by atoms with Gasteiger partial charge in [0.2, 0.25) is 0 Å². The molecule has 0 aromatic heterocycles. The number of Topliss-reactive ketones (excluding diaryl/α,β-unsaturated/α-hetero) is 2. The normalized spacial score (nSPS) is 39.0. The minimum Gasteiger partial charge on any atom is -0.504 e. The SMILES string of the molecule is CCC(OC(C)=O)C(OC(C)=O)C1CC(=O)[C@@]2(C)CC[C@@H]3[C@@H](CCC4=C(O)C(=O)CC[C@@]43C)[C@H]12. The van der Waals surface area contributed by atoms with Crippen LogP contribution in [-0.4, -0.2) is 40.8 Å². The molecule has 0 heterocycles. The van der Waals surface area contributed by atoms with E-state index in [-0.39, 0.29) is 46.4 Å². The highest BCUT2D eigenvalue weighted by atomic mass is 16.6. The van der Waals surface area contributed by atoms with Crippen LogP contribution in [-0.2, 0) is 28.7 Å². The van der Waals surface area contributed by atoms with Crippen LogP contribution in [0.1, 0.15) is 86.0 Å². The molecule has 4 rings (SSSR count). The fraction of sp³-hybridized carbons (Fsp3) is 0.778. The van der Waals surface area contributed by atoms with Crippen molar-refractivity contribution in [2.24, 2.45) is 34.5 Å². The Morgan fingerprint density at radius 1 is 1.03 bits per heavy atom. The van der Waals surface area contributed by atoms with E-state index in [2.05, 4.69) is 13.8 Å². The van der Waals surface area contributed by atoms with Gasteiger partial charge >= 0.3 is 11.9 Å². The van der Waals surface area contributed by atoms with Crippen molar-refractivity contribution in [1.29, 1.82) is 0 Å². The molecule has 0 aliphatic heterocycles. The maximum absolute atomic E-state index is 13.5. The Labute approximate surface area is 201 Å². The highest BCUT2D eigenvalue weighted by molar-refractivity contribution is 5.95. The standard InChI is InChI=1S/C27H38O7/c1-6-21(33-14(2)28)25(34-15(3)29)17-13-22(31)27(5)11-9-18-16(23(17)27)7-8-19-24(32)20(30)10-12-26(18,19)4/h16-18,21,23,25,32H,6-13H2,1-5H3/t16-,17?,18-,21?,23-,25?,26-,27-/m1/s1. The monoisotopic (exact) mass is 474 g/mol. The molecule has 3 unspecified atom stereocenters. The molecule has 8 atom stereocenters. The highest BCUT2D eigenvalue weighted by Gasteiger charge is 2.64. The molecule has 0 saturated heterocycles. The number of carbonyl (C=O) groups excluding carboxylic acids is 4. The maximum Gasteiger partial charge on any atom is 0.303 e. The van der Waals surface area contributed by atoms with Crippen LogP contribution in [0.15, 0.2) is 11.3 Å². The largest absolute Gasteiger partial charge is 0.504 e. The van der Waals surface area contributed by atoms with Gasteiger partial charge in [0, 0.05) is 38.0 Å². The van der Waals surface area contributed by atoms with E-state index < -0.39 is 29.6 Å². The summed E-state index contributed by atoms with van der Waals surface area (Å²) in [5, 5.41) is 10.6. The molecule has 7 heteroatoms. The van der Waals surface area contributed by atoms with Crippen molar-refractivity contribution in [3.63, 3.8) is 0 Å². The average molecular weight is 475 g/mol. The fourth-order valence-corrected chi connectivity index (χ4v) is 8.17. The van der Waals surface area contributed by atoms with Gasteiger partial charge in [-0.2, -0.15) is 0 Å². The average Bonchev–Trinajstić information content (AvgIpc) is 3.04. The van der Waals surface area contributed by atoms with Gasteiger partial charge in [0.1, 0.15) is 18.0 Å². The number of ketones is 2. The molecule has 4 aliphatic carbocycles. The second-order valence-corrected chi connectivity index (χ2v) is 11.4. The predicted molar refractivity (Wildman–Crippen MR) is 124 cm³/mol. The van der Waals surface area contributed by atoms with E-state index in [4.69, 9.17) is 9.47 Å². The zero-order chi connectivity index (χ0) is 25.0. The van der Waals surface area contributed by atoms with Crippen LogP contribution in [0.2, 0.25) is 0 Å². The molecule has 0 aromatic rings. The third-order valence-electron chi connectivity index (χ3n) is 9.67. The summed E-state index contributed by atoms with van der Waals surface area (Å²) in [5.41, 5.74) is 0.107. The van der Waals surface area contributed by atoms with Crippen molar-refractivity contribution < 1.29 is 33.8 Å². The van der Waals surface area contributed by atoms with Crippen LogP contribution in [0.4, 0.5) is 0 Å². The number of hydrogen-bond donors (Lipinski definition) is 1. The van der Waals surface area contributed by atoms with Crippen LogP contribution < -0.4 is 0 Å². The van der Waals surface area contributed by atoms with Gasteiger partial charge in [-0.05, 0) is 67.3 Å². The molecule has 1 N–H and O–H groups in total. The third-order valence-corrected chi connectivity index (χ3v) is 9.67. The number of ether oxygens (including phenoxy) is 2. The Kier molecular flexibility index (Phi) is 6.45. The molecular formula is C27H38O7. The molecule has 34 heavy (non-hydrogen) atoms. The fourth-order valence-electron chi connectivity index (χ4n) is 8.17. The third kappa shape index (κ3) is 3.79. The molecule has 0 spiro atoms. The number of rotatable bonds is 5. The van der Waals surface area contributed by atoms with Gasteiger partial charge in [0.25, 0.3) is 0 Å². The lowest BCUT2D eigenvalue weighted by Gasteiger charge is -2.58. The minimum absolute atomic E-state index is 0.00847. The summed E-state index contributed by atoms with van der Waals surface area (Å²) in [6.07, 6.45) is 3.62. The van der Waals surface area contributed by atoms with Crippen LogP contribution in [0.5, 0.6) is 0 Å². The number of esters is 2. The van der Waals surface area contributed by atoms with Gasteiger partial charge in [-0.15, -0.1) is 0 Å². The van der Waals surface area contributed by atoms with Crippen molar-refractivity contribution >= 4 is 23.5 Å². The molecule has 7 nitrogen and oxygen atoms in total. The Hall–Kier alpha value is -2.18. The first-order valence-corrected chi connectivity index (χ1v) is 12.8. The first-order chi connectivity index (χ1) is 15.9. The summed E-state index contributed by atoms with van der Waals surface area (Å²) in [7, 11) is 0. The quantitative estimate of drug-likeness (QED) is 0.586. The van der Waals surface area contributed by atoms with E-state index in [1.165, 1.54) is 13.8 Å². The molecule has 0 amide bonds. The van der Waals surface area contributed by atoms with Crippen LogP contribution in [0.25, 0.3) is 0 Å². The summed E-state index contributed by atoms with van der Waals surface area (Å²) >= 11 is 0. The summed E-state index contributed by atoms with van der Waals surface area (Å²) in [6, 6.07) is 0. The summed E-state index contributed by atoms with van der Waals surface area (Å²) < 4.78 is 11.4. The summed E-state index contributed by atoms with van der Waals surface area (Å²) in [4.78, 5) is 49.6. The van der Waals surface area contributed by atoms with Crippen molar-refractivity contribution in [3.05, 3.63) is 11.3 Å². The second-order valence-electron chi connectivity index (χ2n) is 11.4. The van der Waals surface area contributed by atoms with E-state index in [9.17, 15) is 24.3 Å². The molecule has 0 aromatic carbocycles. The van der Waals surface area contributed by atoms with Crippen LogP contribution in [0, 0.1) is 34.5 Å². The van der Waals surface area contributed by atoms with Crippen molar-refractivity contribution in [3.8, 4) is 0 Å². The Balaban J connectivity index is 1.75. The summed E-state index contributed by atoms with van der Waals surface area (Å²) in [6.45, 7) is 8.83. The van der Waals surface area contributed by atoms with Crippen molar-refractivity contribution in [2.75, 3.05) is 0 Å². The zero-order valence-electron chi connectivity index (χ0n) is 21.0. The molecule has 3 saturated carbocycles. The maximum atomic E-state index is 13.5. The lowest BCUT2D eigenvalue weighted by molar-refractivity contribution is -0.176. The van der Waals surface area contributed by atoms with Gasteiger partial charge in [-0.25, -0.2) is 0 Å². The molecule has 188 valence electrons. The Bertz CT molecular complexity index is 935. The van der Waals surface area contributed by atoms with E-state index in [0.29, 0.717) is 32.1 Å². The van der Waals surface area contributed by atoms with Crippen LogP contribution >= 0.6 is 0 Å². The van der Waals surface area contributed by atoms with Gasteiger partial charge in [0.05, 0.1) is 0 Å². The molecule has 0 bridgehead atoms. The number of fused-ring (bicyclic) bond motifs is 5. The first-order valence-electron chi connectivity index (χ1n) is 12.8. The first kappa shape index (κ1) is 24.9. The van der Waals surface area contributed by atoms with E-state index in [0.717, 1.165) is 24.8 Å². The summed E-state index contributed by atoms with van der Waals surface area (Å²) in [5.74, 6) is -0.676. The highest BCUT2D eigenvalue weighted by Crippen LogP contribution is 2.66. The minimum atomic E-state index is -0.674. The van der Waals surface area contributed by atoms with E-state index >= 15 is 0 Å². The van der Waals surface area contributed by atoms with Gasteiger partial charge in [-0.1, -0.05) is 20.8 Å². The van der Waals surface area contributed by atoms with Gasteiger partial charge in [-0.3, -0.25) is 19.2 Å². The van der Waals surface area contributed by atoms with E-state index in [1.54, 1.807) is 0 Å². The predicted octanol–water partition coefficient (Wildman–Crippen LogP) is 4.47. The number of aliphatic hydroxyl groups excluding tert-OH is 1. The van der Waals surface area contributed by atoms with E-state index in [1.807, 2.05) is 6.92 Å². The Morgan fingerprint density at radius 2 is 1.71 bits per heavy atom. The number of aliphatic hydroxyl groups is 1. The van der Waals surface area contributed by atoms with Gasteiger partial charge in [0.15, 0.2) is 11.5 Å². The molecular weight excluding hydrogens is 436 g/mol. The topological polar surface area (TPSA) is 107 Å². The lowest BCUT2D eigenvalue weighted by atomic mass is 9.46. The van der Waals surface area contributed by atoms with Crippen LogP contribution in [0.3, 0.4) is 0 Å². The number of allylic oxidation sites excluding steroid dienone is 1. The van der Waals surface area contributed by atoms with Crippen molar-refractivity contribution in [1.82, 2.24) is 0 Å². The lowest BCUT2D eigenvalue weighted by Crippen LogP contribution is -2.54. The number of carbonyl (C=O) groups is 4. The second kappa shape index (κ2) is 8.80. The smallest absolute Gasteiger partial charge is 0.303 e. The molecule has 0 radical (unpaired) electrons. The number of hydrogen-bond acceptors (Lipinski definition) is 7. The zero-order valence-corrected chi connectivity index (χ0v) is 21.0. The Morgan fingerprint density at radius 3 is 2.32 bits per heavy atom. The molecule has 4 aliphatic rings. The van der Waals surface area contributed by atoms with Crippen molar-refractivity contribution in [2.45, 2.75) is 98.2 Å².